The van der Waals surface area contributed by atoms with Gasteiger partial charge in [0, 0.05) is 12.4 Å². The summed E-state index contributed by atoms with van der Waals surface area (Å²) in [6.45, 7) is 3.40. The number of halogens is 1. The fourth-order valence-corrected chi connectivity index (χ4v) is 2.05. The van der Waals surface area contributed by atoms with E-state index < -0.39 is 15.6 Å². The van der Waals surface area contributed by atoms with E-state index >= 15 is 0 Å². The maximum absolute atomic E-state index is 11.1. The summed E-state index contributed by atoms with van der Waals surface area (Å²) in [6.07, 6.45) is 0.496. The normalized spacial score (nSPS) is 16.9. The molecule has 0 fully saturated rings. The van der Waals surface area contributed by atoms with Crippen LogP contribution in [0.1, 0.15) is 20.3 Å². The number of rotatable bonds is 6. The van der Waals surface area contributed by atoms with Crippen LogP contribution in [0.2, 0.25) is 0 Å². The van der Waals surface area contributed by atoms with E-state index in [1.807, 2.05) is 0 Å². The lowest BCUT2D eigenvalue weighted by atomic mass is 10.1. The Labute approximate surface area is 84.3 Å². The molecule has 1 unspecified atom stereocenters. The Morgan fingerprint density at radius 3 is 2.46 bits per heavy atom. The summed E-state index contributed by atoms with van der Waals surface area (Å²) in [5.41, 5.74) is -0.987. The molecule has 0 saturated heterocycles. The van der Waals surface area contributed by atoms with Crippen LogP contribution in [-0.2, 0) is 10.0 Å². The first kappa shape index (κ1) is 13.2. The van der Waals surface area contributed by atoms with Gasteiger partial charge >= 0.3 is 0 Å². The lowest BCUT2D eigenvalue weighted by molar-refractivity contribution is 0.0614. The van der Waals surface area contributed by atoms with E-state index in [0.29, 0.717) is 6.42 Å². The van der Waals surface area contributed by atoms with Gasteiger partial charge in [-0.3, -0.25) is 0 Å². The second kappa shape index (κ2) is 5.14. The van der Waals surface area contributed by atoms with Crippen LogP contribution < -0.4 is 4.72 Å². The molecule has 0 radical (unpaired) electrons. The number of sulfonamides is 1. The number of alkyl halides is 1. The maximum Gasteiger partial charge on any atom is 0.212 e. The van der Waals surface area contributed by atoms with Gasteiger partial charge in [0.2, 0.25) is 10.0 Å². The lowest BCUT2D eigenvalue weighted by Gasteiger charge is -2.21. The fraction of sp³-hybridized carbons (Fsp3) is 1.00. The minimum absolute atomic E-state index is 0.0305. The molecule has 0 bridgehead atoms. The van der Waals surface area contributed by atoms with E-state index in [-0.39, 0.29) is 18.2 Å². The quantitative estimate of drug-likeness (QED) is 0.644. The van der Waals surface area contributed by atoms with E-state index in [1.54, 1.807) is 13.8 Å². The monoisotopic (exact) mass is 229 g/mol. The summed E-state index contributed by atoms with van der Waals surface area (Å²) < 4.78 is 24.5. The highest BCUT2D eigenvalue weighted by Gasteiger charge is 2.20. The zero-order valence-corrected chi connectivity index (χ0v) is 9.45. The molecule has 4 nitrogen and oxygen atoms in total. The standard InChI is InChI=1S/C7H16ClNO3S/c1-3-7(2,10)6-9-13(11,12)5-4-8/h9-10H,3-6H2,1-2H3. The fourth-order valence-electron chi connectivity index (χ4n) is 0.564. The van der Waals surface area contributed by atoms with Crippen molar-refractivity contribution in [3.05, 3.63) is 0 Å². The highest BCUT2D eigenvalue weighted by molar-refractivity contribution is 7.89. The predicted octanol–water partition coefficient (Wildman–Crippen LogP) is 0.306. The molecule has 0 spiro atoms. The largest absolute Gasteiger partial charge is 0.389 e. The second-order valence-electron chi connectivity index (χ2n) is 3.18. The molecule has 0 aromatic heterocycles. The van der Waals surface area contributed by atoms with Crippen LogP contribution in [0.3, 0.4) is 0 Å². The van der Waals surface area contributed by atoms with Crippen LogP contribution in [0.25, 0.3) is 0 Å². The molecule has 0 aromatic carbocycles. The number of hydrogen-bond donors (Lipinski definition) is 2. The molecule has 0 saturated carbocycles. The molecule has 80 valence electrons. The van der Waals surface area contributed by atoms with Gasteiger partial charge in [-0.1, -0.05) is 6.92 Å². The highest BCUT2D eigenvalue weighted by Crippen LogP contribution is 2.06. The molecule has 6 heteroatoms. The van der Waals surface area contributed by atoms with Crippen LogP contribution in [0, 0.1) is 0 Å². The summed E-state index contributed by atoms with van der Waals surface area (Å²) >= 11 is 5.29. The molecular weight excluding hydrogens is 214 g/mol. The summed E-state index contributed by atoms with van der Waals surface area (Å²) in [7, 11) is -3.32. The molecule has 0 aliphatic rings. The molecule has 0 heterocycles. The van der Waals surface area contributed by atoms with Crippen molar-refractivity contribution in [3.63, 3.8) is 0 Å². The maximum atomic E-state index is 11.1. The van der Waals surface area contributed by atoms with Crippen LogP contribution >= 0.6 is 11.6 Å². The highest BCUT2D eigenvalue weighted by atomic mass is 35.5. The summed E-state index contributed by atoms with van der Waals surface area (Å²) in [6, 6.07) is 0. The second-order valence-corrected chi connectivity index (χ2v) is 5.48. The first-order valence-electron chi connectivity index (χ1n) is 4.08. The SMILES string of the molecule is CCC(C)(O)CNS(=O)(=O)CCCl. The zero-order chi connectivity index (χ0) is 10.5. The van der Waals surface area contributed by atoms with Gasteiger partial charge in [0.1, 0.15) is 0 Å². The van der Waals surface area contributed by atoms with Crippen LogP contribution in [0.5, 0.6) is 0 Å². The minimum Gasteiger partial charge on any atom is -0.389 e. The van der Waals surface area contributed by atoms with Gasteiger partial charge in [-0.25, -0.2) is 13.1 Å². The molecule has 0 amide bonds. The van der Waals surface area contributed by atoms with Crippen molar-refractivity contribution in [2.45, 2.75) is 25.9 Å². The third-order valence-corrected chi connectivity index (χ3v) is 3.52. The number of hydrogen-bond acceptors (Lipinski definition) is 3. The molecular formula is C7H16ClNO3S. The molecule has 0 aromatic rings. The molecule has 13 heavy (non-hydrogen) atoms. The van der Waals surface area contributed by atoms with E-state index in [2.05, 4.69) is 4.72 Å². The van der Waals surface area contributed by atoms with Crippen LogP contribution in [0.15, 0.2) is 0 Å². The first-order valence-corrected chi connectivity index (χ1v) is 6.27. The third kappa shape index (κ3) is 6.26. The van der Waals surface area contributed by atoms with E-state index in [1.165, 1.54) is 0 Å². The van der Waals surface area contributed by atoms with Crippen LogP contribution in [-0.4, -0.2) is 37.3 Å². The van der Waals surface area contributed by atoms with Crippen molar-refractivity contribution in [1.29, 1.82) is 0 Å². The van der Waals surface area contributed by atoms with Gasteiger partial charge in [-0.15, -0.1) is 11.6 Å². The molecule has 0 aliphatic carbocycles. The van der Waals surface area contributed by atoms with E-state index in [0.717, 1.165) is 0 Å². The summed E-state index contributed by atoms with van der Waals surface area (Å²) in [5, 5.41) is 9.49. The topological polar surface area (TPSA) is 66.4 Å². The third-order valence-electron chi connectivity index (χ3n) is 1.78. The predicted molar refractivity (Wildman–Crippen MR) is 53.4 cm³/mol. The summed E-state index contributed by atoms with van der Waals surface area (Å²) in [4.78, 5) is 0. The van der Waals surface area contributed by atoms with Gasteiger partial charge < -0.3 is 5.11 Å². The van der Waals surface area contributed by atoms with Crippen molar-refractivity contribution in [1.82, 2.24) is 4.72 Å². The minimum atomic E-state index is -3.32. The first-order chi connectivity index (χ1) is 5.83. The number of aliphatic hydroxyl groups is 1. The molecule has 0 rings (SSSR count). The Balaban J connectivity index is 4.02. The Hall–Kier alpha value is 0.160. The van der Waals surface area contributed by atoms with Gasteiger partial charge in [0.15, 0.2) is 0 Å². The van der Waals surface area contributed by atoms with Crippen molar-refractivity contribution >= 4 is 21.6 Å². The Kier molecular flexibility index (Phi) is 5.21. The van der Waals surface area contributed by atoms with Gasteiger partial charge in [-0.2, -0.15) is 0 Å². The van der Waals surface area contributed by atoms with Crippen molar-refractivity contribution in [2.24, 2.45) is 0 Å². The van der Waals surface area contributed by atoms with Gasteiger partial charge in [0.25, 0.3) is 0 Å². The van der Waals surface area contributed by atoms with E-state index in [9.17, 15) is 13.5 Å². The van der Waals surface area contributed by atoms with Crippen molar-refractivity contribution in [3.8, 4) is 0 Å². The van der Waals surface area contributed by atoms with E-state index in [4.69, 9.17) is 11.6 Å². The molecule has 1 atom stereocenters. The average Bonchev–Trinajstić information content (AvgIpc) is 2.02. The smallest absolute Gasteiger partial charge is 0.212 e. The Morgan fingerprint density at radius 2 is 2.08 bits per heavy atom. The Bertz CT molecular complexity index is 238. The van der Waals surface area contributed by atoms with Gasteiger partial charge in [-0.05, 0) is 13.3 Å². The Morgan fingerprint density at radius 1 is 1.54 bits per heavy atom. The average molecular weight is 230 g/mol. The van der Waals surface area contributed by atoms with Crippen molar-refractivity contribution < 1.29 is 13.5 Å². The van der Waals surface area contributed by atoms with Gasteiger partial charge in [0.05, 0.1) is 11.4 Å². The molecule has 0 aliphatic heterocycles. The molecule has 2 N–H and O–H groups in total. The lowest BCUT2D eigenvalue weighted by Crippen LogP contribution is -2.41. The van der Waals surface area contributed by atoms with Crippen LogP contribution in [0.4, 0.5) is 0 Å². The zero-order valence-electron chi connectivity index (χ0n) is 7.88. The summed E-state index contributed by atoms with van der Waals surface area (Å²) in [5.74, 6) is -0.0576. The number of nitrogens with one attached hydrogen (secondary N) is 1. The van der Waals surface area contributed by atoms with Crippen molar-refractivity contribution in [2.75, 3.05) is 18.2 Å².